The summed E-state index contributed by atoms with van der Waals surface area (Å²) in [4.78, 5) is 25.9. The van der Waals surface area contributed by atoms with Crippen LogP contribution in [-0.2, 0) is 9.32 Å². The van der Waals surface area contributed by atoms with Gasteiger partial charge < -0.3 is 19.4 Å². The molecular formula is C3H8ClO5P. The van der Waals surface area contributed by atoms with Gasteiger partial charge in [-0.15, -0.1) is 12.4 Å². The van der Waals surface area contributed by atoms with Crippen molar-refractivity contribution in [2.75, 3.05) is 6.61 Å². The smallest absolute Gasteiger partial charge is 0.327 e. The highest BCUT2D eigenvalue weighted by atomic mass is 35.5. The van der Waals surface area contributed by atoms with Crippen LogP contribution in [0.1, 0.15) is 6.42 Å². The summed E-state index contributed by atoms with van der Waals surface area (Å²) in [5.41, 5.74) is 0. The molecule has 0 aliphatic carbocycles. The first-order chi connectivity index (χ1) is 4.13. The fourth-order valence-electron chi connectivity index (χ4n) is 0.215. The van der Waals surface area contributed by atoms with E-state index in [4.69, 9.17) is 14.9 Å². The number of hydrogen-bond acceptors (Lipinski definition) is 4. The van der Waals surface area contributed by atoms with E-state index in [0.717, 1.165) is 0 Å². The molecule has 10 heavy (non-hydrogen) atoms. The molecule has 0 unspecified atom stereocenters. The van der Waals surface area contributed by atoms with Crippen LogP contribution in [0.5, 0.6) is 0 Å². The van der Waals surface area contributed by atoms with E-state index in [9.17, 15) is 4.79 Å². The van der Waals surface area contributed by atoms with Crippen molar-refractivity contribution in [2.45, 2.75) is 6.42 Å². The molecule has 0 aromatic rings. The third-order valence-corrected chi connectivity index (χ3v) is 0.936. The average molecular weight is 191 g/mol. The SMILES string of the molecule is Cl.O=C(O)CCOP(O)O. The number of aliphatic carboxylic acids is 1. The van der Waals surface area contributed by atoms with Gasteiger partial charge in [-0.3, -0.25) is 4.79 Å². The molecule has 7 heteroatoms. The van der Waals surface area contributed by atoms with Crippen molar-refractivity contribution in [3.05, 3.63) is 0 Å². The highest BCUT2D eigenvalue weighted by Gasteiger charge is 2.00. The van der Waals surface area contributed by atoms with Crippen molar-refractivity contribution in [1.82, 2.24) is 0 Å². The van der Waals surface area contributed by atoms with Gasteiger partial charge in [0.2, 0.25) is 0 Å². The Morgan fingerprint density at radius 2 is 2.00 bits per heavy atom. The van der Waals surface area contributed by atoms with E-state index in [0.29, 0.717) is 0 Å². The quantitative estimate of drug-likeness (QED) is 0.548. The highest BCUT2D eigenvalue weighted by Crippen LogP contribution is 2.23. The molecule has 0 aromatic carbocycles. The van der Waals surface area contributed by atoms with Crippen LogP contribution >= 0.6 is 21.0 Å². The predicted octanol–water partition coefficient (Wildman–Crippen LogP) is 0.111. The third-order valence-electron chi connectivity index (χ3n) is 0.523. The van der Waals surface area contributed by atoms with Crippen LogP contribution in [0.25, 0.3) is 0 Å². The molecule has 0 aromatic heterocycles. The van der Waals surface area contributed by atoms with Crippen LogP contribution in [0.2, 0.25) is 0 Å². The lowest BCUT2D eigenvalue weighted by Gasteiger charge is -1.99. The second kappa shape index (κ2) is 7.18. The minimum Gasteiger partial charge on any atom is -0.481 e. The first-order valence-corrected chi connectivity index (χ1v) is 3.32. The first kappa shape index (κ1) is 12.7. The van der Waals surface area contributed by atoms with E-state index < -0.39 is 14.6 Å². The van der Waals surface area contributed by atoms with Crippen molar-refractivity contribution in [3.63, 3.8) is 0 Å². The number of carbonyl (C=O) groups is 1. The zero-order chi connectivity index (χ0) is 7.28. The number of hydrogen-bond donors (Lipinski definition) is 3. The van der Waals surface area contributed by atoms with Crippen LogP contribution in [0, 0.1) is 0 Å². The normalized spacial score (nSPS) is 9.10. The lowest BCUT2D eigenvalue weighted by Crippen LogP contribution is -1.99. The molecule has 0 saturated carbocycles. The first-order valence-electron chi connectivity index (χ1n) is 2.15. The molecule has 0 bridgehead atoms. The summed E-state index contributed by atoms with van der Waals surface area (Å²) < 4.78 is 4.15. The van der Waals surface area contributed by atoms with Gasteiger partial charge in [0.15, 0.2) is 0 Å². The second-order valence-corrected chi connectivity index (χ2v) is 1.99. The van der Waals surface area contributed by atoms with Gasteiger partial charge >= 0.3 is 14.6 Å². The van der Waals surface area contributed by atoms with Crippen molar-refractivity contribution in [2.24, 2.45) is 0 Å². The molecule has 0 rings (SSSR count). The average Bonchev–Trinajstić information content (AvgIpc) is 1.63. The zero-order valence-electron chi connectivity index (χ0n) is 4.93. The highest BCUT2D eigenvalue weighted by molar-refractivity contribution is 7.39. The molecule has 0 radical (unpaired) electrons. The maximum absolute atomic E-state index is 9.74. The lowest BCUT2D eigenvalue weighted by atomic mass is 10.5. The van der Waals surface area contributed by atoms with E-state index in [1.54, 1.807) is 0 Å². The molecule has 0 spiro atoms. The Labute approximate surface area is 65.0 Å². The monoisotopic (exact) mass is 190 g/mol. The molecule has 0 fully saturated rings. The third kappa shape index (κ3) is 10.9. The topological polar surface area (TPSA) is 87.0 Å². The largest absolute Gasteiger partial charge is 0.481 e. The van der Waals surface area contributed by atoms with Crippen molar-refractivity contribution in [3.8, 4) is 0 Å². The van der Waals surface area contributed by atoms with E-state index in [-0.39, 0.29) is 25.4 Å². The molecular weight excluding hydrogens is 182 g/mol. The van der Waals surface area contributed by atoms with Gasteiger partial charge in [-0.1, -0.05) is 0 Å². The van der Waals surface area contributed by atoms with Crippen LogP contribution in [0.15, 0.2) is 0 Å². The summed E-state index contributed by atoms with van der Waals surface area (Å²) in [7, 11) is -2.39. The number of rotatable bonds is 4. The molecule has 5 nitrogen and oxygen atoms in total. The van der Waals surface area contributed by atoms with E-state index in [1.165, 1.54) is 0 Å². The molecule has 0 heterocycles. The summed E-state index contributed by atoms with van der Waals surface area (Å²) in [6.07, 6.45) is -0.208. The Balaban J connectivity index is 0. The second-order valence-electron chi connectivity index (χ2n) is 1.23. The van der Waals surface area contributed by atoms with Crippen molar-refractivity contribution < 1.29 is 24.2 Å². The number of halogens is 1. The maximum atomic E-state index is 9.74. The van der Waals surface area contributed by atoms with Gasteiger partial charge in [-0.2, -0.15) is 0 Å². The molecule has 0 atom stereocenters. The Morgan fingerprint density at radius 1 is 1.50 bits per heavy atom. The van der Waals surface area contributed by atoms with E-state index in [1.807, 2.05) is 0 Å². The molecule has 3 N–H and O–H groups in total. The standard InChI is InChI=1S/C3H7O5P.ClH/c4-3(5)1-2-8-9(6)7;/h6-7H,1-2H2,(H,4,5);1H. The Morgan fingerprint density at radius 3 is 2.30 bits per heavy atom. The summed E-state index contributed by atoms with van der Waals surface area (Å²) >= 11 is 0. The van der Waals surface area contributed by atoms with Gasteiger partial charge in [-0.25, -0.2) is 0 Å². The summed E-state index contributed by atoms with van der Waals surface area (Å²) in [5, 5.41) is 7.99. The summed E-state index contributed by atoms with van der Waals surface area (Å²) in [5.74, 6) is -1.02. The Bertz CT molecular complexity index is 96.9. The Hall–Kier alpha value is 0.0700. The number of carboxylic acid groups (broad SMARTS) is 1. The van der Waals surface area contributed by atoms with Crippen LogP contribution in [-0.4, -0.2) is 27.5 Å². The van der Waals surface area contributed by atoms with Gasteiger partial charge in [0.05, 0.1) is 13.0 Å². The Kier molecular flexibility index (Phi) is 9.13. The van der Waals surface area contributed by atoms with Crippen LogP contribution in [0.4, 0.5) is 0 Å². The minimum atomic E-state index is -2.39. The fraction of sp³-hybridized carbons (Fsp3) is 0.667. The molecule has 62 valence electrons. The lowest BCUT2D eigenvalue weighted by molar-refractivity contribution is -0.137. The van der Waals surface area contributed by atoms with Crippen LogP contribution < -0.4 is 0 Å². The predicted molar refractivity (Wildman–Crippen MR) is 36.8 cm³/mol. The van der Waals surface area contributed by atoms with Gasteiger partial charge in [0.1, 0.15) is 0 Å². The number of carboxylic acids is 1. The van der Waals surface area contributed by atoms with E-state index in [2.05, 4.69) is 4.52 Å². The molecule has 0 saturated heterocycles. The van der Waals surface area contributed by atoms with Gasteiger partial charge in [0.25, 0.3) is 0 Å². The van der Waals surface area contributed by atoms with Crippen molar-refractivity contribution >= 4 is 27.0 Å². The van der Waals surface area contributed by atoms with Crippen molar-refractivity contribution in [1.29, 1.82) is 0 Å². The molecule has 0 aliphatic heterocycles. The summed E-state index contributed by atoms with van der Waals surface area (Å²) in [6.45, 7) is -0.159. The fourth-order valence-corrected chi connectivity index (χ4v) is 0.469. The van der Waals surface area contributed by atoms with Gasteiger partial charge in [0, 0.05) is 0 Å². The summed E-state index contributed by atoms with van der Waals surface area (Å²) in [6, 6.07) is 0. The molecule has 0 aliphatic rings. The maximum Gasteiger partial charge on any atom is 0.327 e. The van der Waals surface area contributed by atoms with Crippen LogP contribution in [0.3, 0.4) is 0 Å². The minimum absolute atomic E-state index is 0. The van der Waals surface area contributed by atoms with E-state index >= 15 is 0 Å². The van der Waals surface area contributed by atoms with Gasteiger partial charge in [-0.05, 0) is 0 Å². The zero-order valence-corrected chi connectivity index (χ0v) is 6.64. The molecule has 0 amide bonds.